The topological polar surface area (TPSA) is 51.0 Å². The van der Waals surface area contributed by atoms with Crippen LogP contribution < -0.4 is 4.90 Å². The average Bonchev–Trinajstić information content (AvgIpc) is 3.27. The fourth-order valence-corrected chi connectivity index (χ4v) is 3.50. The molecule has 2 aromatic carbocycles. The minimum absolute atomic E-state index is 0.0937. The van der Waals surface area contributed by atoms with Crippen LogP contribution in [0.2, 0.25) is 0 Å². The summed E-state index contributed by atoms with van der Waals surface area (Å²) in [5.74, 6) is 0.794. The van der Waals surface area contributed by atoms with E-state index in [0.29, 0.717) is 10.7 Å². The molecule has 0 aliphatic heterocycles. The maximum Gasteiger partial charge on any atom is 0.259 e. The average molecular weight is 348 g/mol. The second-order valence-electron chi connectivity index (χ2n) is 5.71. The number of nitrogens with zero attached hydrogens (tertiary/aromatic N) is 4. The fourth-order valence-electron chi connectivity index (χ4n) is 2.90. The summed E-state index contributed by atoms with van der Waals surface area (Å²) in [5, 5.41) is 2.53. The van der Waals surface area contributed by atoms with Gasteiger partial charge in [0.15, 0.2) is 5.13 Å². The van der Waals surface area contributed by atoms with Gasteiger partial charge in [-0.3, -0.25) is 14.3 Å². The fraction of sp³-hybridized carbons (Fsp3) is 0.105. The summed E-state index contributed by atoms with van der Waals surface area (Å²) in [5.41, 5.74) is 3.45. The molecule has 0 fully saturated rings. The van der Waals surface area contributed by atoms with E-state index in [9.17, 15) is 4.79 Å². The maximum absolute atomic E-state index is 12.7. The molecule has 0 atom stereocenters. The number of hydrogen-bond acceptors (Lipinski definition) is 4. The van der Waals surface area contributed by atoms with Crippen LogP contribution in [0.5, 0.6) is 0 Å². The van der Waals surface area contributed by atoms with Crippen molar-refractivity contribution in [2.75, 3.05) is 11.9 Å². The Kier molecular flexibility index (Phi) is 3.82. The lowest BCUT2D eigenvalue weighted by Gasteiger charge is -2.13. The zero-order chi connectivity index (χ0) is 17.4. The number of anilines is 1. The molecule has 25 heavy (non-hydrogen) atoms. The Morgan fingerprint density at radius 2 is 1.96 bits per heavy atom. The number of amides is 1. The Morgan fingerprint density at radius 3 is 2.68 bits per heavy atom. The van der Waals surface area contributed by atoms with Gasteiger partial charge in [0.25, 0.3) is 5.91 Å². The molecule has 124 valence electrons. The van der Waals surface area contributed by atoms with Gasteiger partial charge < -0.3 is 0 Å². The first-order valence-corrected chi connectivity index (χ1v) is 8.75. The van der Waals surface area contributed by atoms with Crippen LogP contribution in [0.1, 0.15) is 16.2 Å². The SMILES string of the molecule is Cc1nc2cc(C(=O)N(C)c3nccs3)ccc2n1-c1ccccc1. The molecule has 5 nitrogen and oxygen atoms in total. The lowest BCUT2D eigenvalue weighted by atomic mass is 10.1. The van der Waals surface area contributed by atoms with E-state index in [-0.39, 0.29) is 5.91 Å². The van der Waals surface area contributed by atoms with Gasteiger partial charge in [0, 0.05) is 29.9 Å². The molecule has 0 spiro atoms. The van der Waals surface area contributed by atoms with Gasteiger partial charge in [-0.15, -0.1) is 11.3 Å². The van der Waals surface area contributed by atoms with E-state index in [0.717, 1.165) is 22.5 Å². The number of aryl methyl sites for hydroxylation is 1. The third-order valence-electron chi connectivity index (χ3n) is 4.09. The Bertz CT molecular complexity index is 1040. The molecular formula is C19H16N4OS. The molecule has 4 aromatic rings. The molecule has 0 radical (unpaired) electrons. The maximum atomic E-state index is 12.7. The summed E-state index contributed by atoms with van der Waals surface area (Å²) in [6.45, 7) is 1.97. The van der Waals surface area contributed by atoms with Gasteiger partial charge in [-0.05, 0) is 37.3 Å². The van der Waals surface area contributed by atoms with Crippen LogP contribution in [-0.4, -0.2) is 27.5 Å². The third kappa shape index (κ3) is 2.70. The number of imidazole rings is 1. The molecule has 0 bridgehead atoms. The number of para-hydroxylation sites is 1. The number of carbonyl (C=O) groups excluding carboxylic acids is 1. The number of fused-ring (bicyclic) bond motifs is 1. The van der Waals surface area contributed by atoms with Crippen molar-refractivity contribution in [2.45, 2.75) is 6.92 Å². The lowest BCUT2D eigenvalue weighted by Crippen LogP contribution is -2.25. The van der Waals surface area contributed by atoms with Gasteiger partial charge >= 0.3 is 0 Å². The van der Waals surface area contributed by atoms with Crippen LogP contribution in [0, 0.1) is 6.92 Å². The quantitative estimate of drug-likeness (QED) is 0.561. The molecule has 2 heterocycles. The van der Waals surface area contributed by atoms with Crippen molar-refractivity contribution in [2.24, 2.45) is 0 Å². The summed E-state index contributed by atoms with van der Waals surface area (Å²) < 4.78 is 2.09. The number of thiazole rings is 1. The normalized spacial score (nSPS) is 11.0. The minimum Gasteiger partial charge on any atom is -0.297 e. The molecule has 0 N–H and O–H groups in total. The molecule has 6 heteroatoms. The van der Waals surface area contributed by atoms with Gasteiger partial charge in [0.2, 0.25) is 0 Å². The largest absolute Gasteiger partial charge is 0.297 e. The highest BCUT2D eigenvalue weighted by Crippen LogP contribution is 2.24. The Morgan fingerprint density at radius 1 is 1.16 bits per heavy atom. The van der Waals surface area contributed by atoms with Gasteiger partial charge in [-0.25, -0.2) is 9.97 Å². The Labute approximate surface area is 149 Å². The van der Waals surface area contributed by atoms with E-state index in [1.807, 2.05) is 60.8 Å². The number of rotatable bonds is 3. The Balaban J connectivity index is 1.76. The van der Waals surface area contributed by atoms with Crippen molar-refractivity contribution in [3.05, 3.63) is 71.5 Å². The number of hydrogen-bond donors (Lipinski definition) is 0. The number of aromatic nitrogens is 3. The molecule has 1 amide bonds. The molecular weight excluding hydrogens is 332 g/mol. The molecule has 0 saturated heterocycles. The lowest BCUT2D eigenvalue weighted by molar-refractivity contribution is 0.0993. The van der Waals surface area contributed by atoms with Crippen LogP contribution in [0.25, 0.3) is 16.7 Å². The smallest absolute Gasteiger partial charge is 0.259 e. The van der Waals surface area contributed by atoms with E-state index >= 15 is 0 Å². The monoisotopic (exact) mass is 348 g/mol. The van der Waals surface area contributed by atoms with Crippen molar-refractivity contribution in [3.8, 4) is 5.69 Å². The van der Waals surface area contributed by atoms with Crippen LogP contribution in [-0.2, 0) is 0 Å². The highest BCUT2D eigenvalue weighted by Gasteiger charge is 2.17. The van der Waals surface area contributed by atoms with E-state index in [1.54, 1.807) is 18.1 Å². The van der Waals surface area contributed by atoms with Crippen LogP contribution in [0.3, 0.4) is 0 Å². The molecule has 0 aliphatic rings. The van der Waals surface area contributed by atoms with Crippen LogP contribution in [0.4, 0.5) is 5.13 Å². The molecule has 4 rings (SSSR count). The van der Waals surface area contributed by atoms with Crippen molar-refractivity contribution in [3.63, 3.8) is 0 Å². The van der Waals surface area contributed by atoms with Crippen molar-refractivity contribution in [1.82, 2.24) is 14.5 Å². The molecule has 0 aliphatic carbocycles. The van der Waals surface area contributed by atoms with Crippen molar-refractivity contribution in [1.29, 1.82) is 0 Å². The van der Waals surface area contributed by atoms with Gasteiger partial charge in [-0.2, -0.15) is 0 Å². The van der Waals surface area contributed by atoms with Gasteiger partial charge in [0.05, 0.1) is 11.0 Å². The number of benzene rings is 2. The van der Waals surface area contributed by atoms with Gasteiger partial charge in [0.1, 0.15) is 5.82 Å². The summed E-state index contributed by atoms with van der Waals surface area (Å²) in [6.07, 6.45) is 1.69. The minimum atomic E-state index is -0.0937. The predicted octanol–water partition coefficient (Wildman–Crippen LogP) is 4.07. The summed E-state index contributed by atoms with van der Waals surface area (Å²) >= 11 is 1.44. The molecule has 2 aromatic heterocycles. The molecule has 0 saturated carbocycles. The summed E-state index contributed by atoms with van der Waals surface area (Å²) in [4.78, 5) is 23.1. The van der Waals surface area contributed by atoms with Crippen molar-refractivity contribution >= 4 is 33.4 Å². The zero-order valence-corrected chi connectivity index (χ0v) is 14.7. The number of carbonyl (C=O) groups is 1. The third-order valence-corrected chi connectivity index (χ3v) is 4.94. The van der Waals surface area contributed by atoms with E-state index in [1.165, 1.54) is 11.3 Å². The standard InChI is InChI=1S/C19H16N4OS/c1-13-21-16-12-14(18(24)22(2)19-20-10-11-25-19)8-9-17(16)23(13)15-6-4-3-5-7-15/h3-12H,1-2H3. The second-order valence-corrected chi connectivity index (χ2v) is 6.59. The van der Waals surface area contributed by atoms with E-state index in [2.05, 4.69) is 14.5 Å². The second kappa shape index (κ2) is 6.14. The van der Waals surface area contributed by atoms with Crippen LogP contribution >= 0.6 is 11.3 Å². The zero-order valence-electron chi connectivity index (χ0n) is 13.9. The highest BCUT2D eigenvalue weighted by molar-refractivity contribution is 7.13. The highest BCUT2D eigenvalue weighted by atomic mass is 32.1. The Hall–Kier alpha value is -2.99. The van der Waals surface area contributed by atoms with E-state index < -0.39 is 0 Å². The van der Waals surface area contributed by atoms with E-state index in [4.69, 9.17) is 0 Å². The van der Waals surface area contributed by atoms with Crippen molar-refractivity contribution < 1.29 is 4.79 Å². The van der Waals surface area contributed by atoms with Gasteiger partial charge in [-0.1, -0.05) is 18.2 Å². The predicted molar refractivity (Wildman–Crippen MR) is 101 cm³/mol. The van der Waals surface area contributed by atoms with Crippen LogP contribution in [0.15, 0.2) is 60.1 Å². The molecule has 0 unspecified atom stereocenters. The first-order chi connectivity index (χ1) is 12.1. The first-order valence-electron chi connectivity index (χ1n) is 7.87. The first kappa shape index (κ1) is 15.5. The summed E-state index contributed by atoms with van der Waals surface area (Å²) in [7, 11) is 1.74. The summed E-state index contributed by atoms with van der Waals surface area (Å²) in [6, 6.07) is 15.7.